The van der Waals surface area contributed by atoms with Crippen molar-refractivity contribution in [2.45, 2.75) is 49.9 Å². The summed E-state index contributed by atoms with van der Waals surface area (Å²) in [5, 5.41) is 34.5. The lowest BCUT2D eigenvalue weighted by Gasteiger charge is -2.23. The molecule has 0 aliphatic rings. The van der Waals surface area contributed by atoms with Gasteiger partial charge in [0.15, 0.2) is 0 Å². The molecule has 0 saturated heterocycles. The SMILES string of the molecule is NC(=O)CCC(NC(=O)C(CC(N)=O)NC(=O)C(CO)NC(=O)C(N)Cc1ccc(O)cc1)C(=O)O. The van der Waals surface area contributed by atoms with Gasteiger partial charge in [-0.3, -0.25) is 24.0 Å². The predicted molar refractivity (Wildman–Crippen MR) is 123 cm³/mol. The zero-order valence-corrected chi connectivity index (χ0v) is 19.2. The van der Waals surface area contributed by atoms with Crippen molar-refractivity contribution in [1.29, 1.82) is 0 Å². The molecule has 0 fully saturated rings. The van der Waals surface area contributed by atoms with E-state index in [-0.39, 0.29) is 25.0 Å². The monoisotopic (exact) mass is 510 g/mol. The summed E-state index contributed by atoms with van der Waals surface area (Å²) < 4.78 is 0. The van der Waals surface area contributed by atoms with Gasteiger partial charge in [-0.15, -0.1) is 0 Å². The molecule has 0 spiro atoms. The zero-order chi connectivity index (χ0) is 27.4. The smallest absolute Gasteiger partial charge is 0.326 e. The Morgan fingerprint density at radius 1 is 0.806 bits per heavy atom. The number of benzene rings is 1. The zero-order valence-electron chi connectivity index (χ0n) is 19.2. The Morgan fingerprint density at radius 3 is 1.83 bits per heavy atom. The number of carboxylic acid groups (broad SMARTS) is 1. The third-order valence-electron chi connectivity index (χ3n) is 4.88. The van der Waals surface area contributed by atoms with Gasteiger partial charge < -0.3 is 48.5 Å². The first-order valence-electron chi connectivity index (χ1n) is 10.7. The Labute approximate surface area is 205 Å². The van der Waals surface area contributed by atoms with E-state index in [2.05, 4.69) is 16.0 Å². The average molecular weight is 511 g/mol. The molecule has 12 N–H and O–H groups in total. The van der Waals surface area contributed by atoms with Crippen molar-refractivity contribution < 1.29 is 44.1 Å². The van der Waals surface area contributed by atoms with Crippen LogP contribution in [-0.2, 0) is 35.2 Å². The second-order valence-electron chi connectivity index (χ2n) is 7.86. The van der Waals surface area contributed by atoms with Gasteiger partial charge in [0.2, 0.25) is 29.5 Å². The average Bonchev–Trinajstić information content (AvgIpc) is 2.79. The second kappa shape index (κ2) is 14.2. The van der Waals surface area contributed by atoms with E-state index in [1.54, 1.807) is 12.1 Å². The van der Waals surface area contributed by atoms with Crippen LogP contribution in [0.25, 0.3) is 0 Å². The van der Waals surface area contributed by atoms with Crippen LogP contribution in [-0.4, -0.2) is 81.6 Å². The fraction of sp³-hybridized carbons (Fsp3) is 0.429. The number of aliphatic carboxylic acids is 1. The summed E-state index contributed by atoms with van der Waals surface area (Å²) in [6, 6.07) is -0.0307. The van der Waals surface area contributed by atoms with Gasteiger partial charge in [-0.1, -0.05) is 12.1 Å². The van der Waals surface area contributed by atoms with Crippen LogP contribution >= 0.6 is 0 Å². The first-order valence-corrected chi connectivity index (χ1v) is 10.7. The van der Waals surface area contributed by atoms with Crippen LogP contribution in [0.5, 0.6) is 5.75 Å². The van der Waals surface area contributed by atoms with Crippen LogP contribution in [0.3, 0.4) is 0 Å². The first-order chi connectivity index (χ1) is 16.8. The van der Waals surface area contributed by atoms with Crippen LogP contribution in [0.15, 0.2) is 24.3 Å². The number of nitrogens with one attached hydrogen (secondary N) is 3. The molecule has 0 heterocycles. The van der Waals surface area contributed by atoms with E-state index in [0.717, 1.165) is 0 Å². The number of aliphatic hydroxyl groups excluding tert-OH is 1. The van der Waals surface area contributed by atoms with Gasteiger partial charge in [-0.25, -0.2) is 4.79 Å². The molecule has 0 aliphatic heterocycles. The van der Waals surface area contributed by atoms with Gasteiger partial charge in [-0.05, 0) is 30.5 Å². The number of phenols is 1. The molecule has 36 heavy (non-hydrogen) atoms. The normalized spacial score (nSPS) is 13.9. The highest BCUT2D eigenvalue weighted by atomic mass is 16.4. The molecule has 0 bridgehead atoms. The molecular weight excluding hydrogens is 480 g/mol. The topological polar surface area (TPSA) is 277 Å². The van der Waals surface area contributed by atoms with Crippen LogP contribution in [0.4, 0.5) is 0 Å². The van der Waals surface area contributed by atoms with E-state index in [0.29, 0.717) is 5.56 Å². The minimum atomic E-state index is -1.65. The van der Waals surface area contributed by atoms with Crippen molar-refractivity contribution in [1.82, 2.24) is 16.0 Å². The van der Waals surface area contributed by atoms with Gasteiger partial charge in [-0.2, -0.15) is 0 Å². The second-order valence-corrected chi connectivity index (χ2v) is 7.86. The quantitative estimate of drug-likeness (QED) is 0.110. The van der Waals surface area contributed by atoms with Crippen molar-refractivity contribution in [3.63, 3.8) is 0 Å². The molecule has 0 saturated carbocycles. The standard InChI is InChI=1S/C21H30N6O9/c22-12(7-10-1-3-11(29)4-2-10)18(32)27-15(9-28)20(34)26-14(8-17(24)31)19(33)25-13(21(35)36)5-6-16(23)30/h1-4,12-15,28-29H,5-9,22H2,(H2,23,30)(H2,24,31)(H,25,33)(H,26,34)(H,27,32)(H,35,36). The van der Waals surface area contributed by atoms with Gasteiger partial charge in [0.1, 0.15) is 23.9 Å². The molecular formula is C21H30N6O9. The van der Waals surface area contributed by atoms with E-state index in [1.165, 1.54) is 12.1 Å². The van der Waals surface area contributed by atoms with E-state index in [1.807, 2.05) is 0 Å². The summed E-state index contributed by atoms with van der Waals surface area (Å²) in [6.45, 7) is -0.898. The number of phenolic OH excluding ortho intramolecular Hbond substituents is 1. The fourth-order valence-electron chi connectivity index (χ4n) is 2.95. The number of hydrogen-bond acceptors (Lipinski definition) is 9. The molecule has 0 aromatic heterocycles. The van der Waals surface area contributed by atoms with Gasteiger partial charge >= 0.3 is 5.97 Å². The summed E-state index contributed by atoms with van der Waals surface area (Å²) in [5.74, 6) is -6.28. The number of primary amides is 2. The fourth-order valence-corrected chi connectivity index (χ4v) is 2.95. The summed E-state index contributed by atoms with van der Waals surface area (Å²) in [6.07, 6.45) is -1.39. The van der Waals surface area contributed by atoms with Gasteiger partial charge in [0.05, 0.1) is 19.1 Å². The molecule has 0 aliphatic carbocycles. The molecule has 1 rings (SSSR count). The van der Waals surface area contributed by atoms with E-state index in [4.69, 9.17) is 17.2 Å². The molecule has 1 aromatic carbocycles. The minimum absolute atomic E-state index is 0.0193. The Balaban J connectivity index is 2.84. The number of aliphatic hydroxyl groups is 1. The Morgan fingerprint density at radius 2 is 1.33 bits per heavy atom. The highest BCUT2D eigenvalue weighted by Gasteiger charge is 2.31. The molecule has 4 atom stereocenters. The molecule has 4 unspecified atom stereocenters. The van der Waals surface area contributed by atoms with Crippen LogP contribution in [0.2, 0.25) is 0 Å². The molecule has 15 heteroatoms. The highest BCUT2D eigenvalue weighted by molar-refractivity contribution is 5.96. The predicted octanol–water partition coefficient (Wildman–Crippen LogP) is -4.07. The highest BCUT2D eigenvalue weighted by Crippen LogP contribution is 2.11. The van der Waals surface area contributed by atoms with Crippen molar-refractivity contribution >= 4 is 35.5 Å². The number of carboxylic acids is 1. The summed E-state index contributed by atoms with van der Waals surface area (Å²) in [5.41, 5.74) is 16.5. The number of carbonyl (C=O) groups is 6. The number of carbonyl (C=O) groups excluding carboxylic acids is 5. The summed E-state index contributed by atoms with van der Waals surface area (Å²) >= 11 is 0. The lowest BCUT2D eigenvalue weighted by molar-refractivity contribution is -0.142. The lowest BCUT2D eigenvalue weighted by Crippen LogP contribution is -2.58. The number of amides is 5. The first kappa shape index (κ1) is 29.8. The minimum Gasteiger partial charge on any atom is -0.508 e. The van der Waals surface area contributed by atoms with Crippen LogP contribution < -0.4 is 33.2 Å². The molecule has 5 amide bonds. The van der Waals surface area contributed by atoms with Crippen molar-refractivity contribution in [3.05, 3.63) is 29.8 Å². The van der Waals surface area contributed by atoms with E-state index >= 15 is 0 Å². The van der Waals surface area contributed by atoms with Crippen molar-refractivity contribution in [3.8, 4) is 5.75 Å². The molecule has 15 nitrogen and oxygen atoms in total. The maximum Gasteiger partial charge on any atom is 0.326 e. The third-order valence-corrected chi connectivity index (χ3v) is 4.88. The Hall–Kier alpha value is -4.24. The summed E-state index contributed by atoms with van der Waals surface area (Å²) in [7, 11) is 0. The van der Waals surface area contributed by atoms with Gasteiger partial charge in [0.25, 0.3) is 0 Å². The Kier molecular flexibility index (Phi) is 11.8. The lowest BCUT2D eigenvalue weighted by atomic mass is 10.1. The number of aromatic hydroxyl groups is 1. The van der Waals surface area contributed by atoms with Crippen LogP contribution in [0, 0.1) is 0 Å². The summed E-state index contributed by atoms with van der Waals surface area (Å²) in [4.78, 5) is 71.2. The maximum atomic E-state index is 12.6. The number of nitrogens with two attached hydrogens (primary N) is 3. The Bertz CT molecular complexity index is 969. The number of hydrogen-bond donors (Lipinski definition) is 9. The van der Waals surface area contributed by atoms with Crippen LogP contribution in [0.1, 0.15) is 24.8 Å². The molecule has 1 aromatic rings. The van der Waals surface area contributed by atoms with E-state index < -0.39 is 72.7 Å². The van der Waals surface area contributed by atoms with Crippen molar-refractivity contribution in [2.24, 2.45) is 17.2 Å². The molecule has 0 radical (unpaired) electrons. The van der Waals surface area contributed by atoms with Crippen molar-refractivity contribution in [2.75, 3.05) is 6.61 Å². The maximum absolute atomic E-state index is 12.6. The largest absolute Gasteiger partial charge is 0.508 e. The molecule has 198 valence electrons. The number of rotatable bonds is 15. The van der Waals surface area contributed by atoms with Gasteiger partial charge in [0, 0.05) is 6.42 Å². The van der Waals surface area contributed by atoms with E-state index in [9.17, 15) is 44.1 Å². The third kappa shape index (κ3) is 10.4.